The van der Waals surface area contributed by atoms with Crippen LogP contribution in [-0.2, 0) is 13.0 Å². The van der Waals surface area contributed by atoms with E-state index in [-0.39, 0.29) is 0 Å². The van der Waals surface area contributed by atoms with Crippen molar-refractivity contribution in [1.29, 1.82) is 0 Å². The van der Waals surface area contributed by atoms with Crippen molar-refractivity contribution in [3.63, 3.8) is 0 Å². The lowest BCUT2D eigenvalue weighted by atomic mass is 9.91. The van der Waals surface area contributed by atoms with Gasteiger partial charge in [-0.2, -0.15) is 0 Å². The van der Waals surface area contributed by atoms with E-state index in [1.165, 1.54) is 12.5 Å². The summed E-state index contributed by atoms with van der Waals surface area (Å²) in [6, 6.07) is 3.87. The molecule has 1 fully saturated rings. The SMILES string of the molecule is Fc1ccc(CC[C@H]2CCCN(Cc3ncc[nH]3)C2)c(F)c1. The van der Waals surface area contributed by atoms with Crippen LogP contribution in [-0.4, -0.2) is 28.0 Å². The first-order valence-electron chi connectivity index (χ1n) is 7.85. The third-order valence-electron chi connectivity index (χ3n) is 4.37. The molecule has 3 rings (SSSR count). The fraction of sp³-hybridized carbons (Fsp3) is 0.471. The summed E-state index contributed by atoms with van der Waals surface area (Å²) in [7, 11) is 0. The van der Waals surface area contributed by atoms with E-state index in [0.717, 1.165) is 44.4 Å². The number of hydrogen-bond acceptors (Lipinski definition) is 2. The Morgan fingerprint density at radius 2 is 2.23 bits per heavy atom. The molecular formula is C17H21F2N3. The van der Waals surface area contributed by atoms with Gasteiger partial charge in [-0.05, 0) is 49.8 Å². The third kappa shape index (κ3) is 3.91. The van der Waals surface area contributed by atoms with E-state index in [4.69, 9.17) is 0 Å². The number of halogens is 2. The Hall–Kier alpha value is -1.75. The van der Waals surface area contributed by atoms with Crippen molar-refractivity contribution in [2.24, 2.45) is 5.92 Å². The topological polar surface area (TPSA) is 31.9 Å². The zero-order valence-corrected chi connectivity index (χ0v) is 12.6. The van der Waals surface area contributed by atoms with Gasteiger partial charge in [0.05, 0.1) is 6.54 Å². The minimum absolute atomic E-state index is 0.428. The molecule has 1 aliphatic rings. The molecule has 0 radical (unpaired) electrons. The molecule has 1 saturated heterocycles. The summed E-state index contributed by atoms with van der Waals surface area (Å²) >= 11 is 0. The lowest BCUT2D eigenvalue weighted by molar-refractivity contribution is 0.158. The highest BCUT2D eigenvalue weighted by atomic mass is 19.1. The van der Waals surface area contributed by atoms with Crippen LogP contribution < -0.4 is 0 Å². The summed E-state index contributed by atoms with van der Waals surface area (Å²) in [5.74, 6) is 0.616. The molecule has 1 aromatic heterocycles. The van der Waals surface area contributed by atoms with Crippen molar-refractivity contribution in [2.45, 2.75) is 32.2 Å². The highest BCUT2D eigenvalue weighted by molar-refractivity contribution is 5.18. The minimum atomic E-state index is -0.511. The second kappa shape index (κ2) is 7.01. The molecule has 0 spiro atoms. The molecule has 2 aromatic rings. The summed E-state index contributed by atoms with van der Waals surface area (Å²) in [6.45, 7) is 2.94. The molecule has 3 nitrogen and oxygen atoms in total. The van der Waals surface area contributed by atoms with E-state index in [1.807, 2.05) is 6.20 Å². The van der Waals surface area contributed by atoms with Crippen LogP contribution in [0.2, 0.25) is 0 Å². The lowest BCUT2D eigenvalue weighted by Crippen LogP contribution is -2.35. The number of aromatic nitrogens is 2. The molecule has 0 saturated carbocycles. The van der Waals surface area contributed by atoms with Crippen molar-refractivity contribution < 1.29 is 8.78 Å². The normalized spacial score (nSPS) is 19.5. The monoisotopic (exact) mass is 305 g/mol. The summed E-state index contributed by atoms with van der Waals surface area (Å²) < 4.78 is 26.6. The highest BCUT2D eigenvalue weighted by Crippen LogP contribution is 2.23. The molecule has 2 heterocycles. The second-order valence-corrected chi connectivity index (χ2v) is 6.05. The summed E-state index contributed by atoms with van der Waals surface area (Å²) in [5.41, 5.74) is 0.615. The molecule has 0 bridgehead atoms. The van der Waals surface area contributed by atoms with Crippen LogP contribution in [0, 0.1) is 17.6 Å². The van der Waals surface area contributed by atoms with Crippen LogP contribution >= 0.6 is 0 Å². The zero-order valence-electron chi connectivity index (χ0n) is 12.6. The van der Waals surface area contributed by atoms with E-state index in [2.05, 4.69) is 14.9 Å². The zero-order chi connectivity index (χ0) is 15.4. The van der Waals surface area contributed by atoms with Gasteiger partial charge in [-0.1, -0.05) is 6.07 Å². The van der Waals surface area contributed by atoms with E-state index in [0.29, 0.717) is 17.9 Å². The number of likely N-dealkylation sites (tertiary alicyclic amines) is 1. The highest BCUT2D eigenvalue weighted by Gasteiger charge is 2.20. The van der Waals surface area contributed by atoms with Crippen molar-refractivity contribution >= 4 is 0 Å². The van der Waals surface area contributed by atoms with Gasteiger partial charge in [0.25, 0.3) is 0 Å². The van der Waals surface area contributed by atoms with Gasteiger partial charge >= 0.3 is 0 Å². The number of hydrogen-bond donors (Lipinski definition) is 1. The van der Waals surface area contributed by atoms with Gasteiger partial charge in [0.15, 0.2) is 0 Å². The van der Waals surface area contributed by atoms with Crippen molar-refractivity contribution in [3.8, 4) is 0 Å². The first-order valence-corrected chi connectivity index (χ1v) is 7.85. The number of benzene rings is 1. The van der Waals surface area contributed by atoms with Crippen LogP contribution in [0.25, 0.3) is 0 Å². The minimum Gasteiger partial charge on any atom is -0.348 e. The maximum Gasteiger partial charge on any atom is 0.129 e. The van der Waals surface area contributed by atoms with Crippen molar-refractivity contribution in [2.75, 3.05) is 13.1 Å². The van der Waals surface area contributed by atoms with Gasteiger partial charge in [-0.15, -0.1) is 0 Å². The smallest absolute Gasteiger partial charge is 0.129 e. The van der Waals surface area contributed by atoms with E-state index in [9.17, 15) is 8.78 Å². The van der Waals surface area contributed by atoms with Gasteiger partial charge < -0.3 is 4.98 Å². The number of rotatable bonds is 5. The first-order chi connectivity index (χ1) is 10.7. The molecule has 0 amide bonds. The number of H-pyrrole nitrogens is 1. The maximum atomic E-state index is 13.7. The number of imidazole rings is 1. The lowest BCUT2D eigenvalue weighted by Gasteiger charge is -2.32. The fourth-order valence-corrected chi connectivity index (χ4v) is 3.21. The fourth-order valence-electron chi connectivity index (χ4n) is 3.21. The Balaban J connectivity index is 1.52. The Bertz CT molecular complexity index is 598. The van der Waals surface area contributed by atoms with E-state index in [1.54, 1.807) is 12.3 Å². The van der Waals surface area contributed by atoms with Crippen LogP contribution in [0.5, 0.6) is 0 Å². The Labute approximate surface area is 129 Å². The third-order valence-corrected chi connectivity index (χ3v) is 4.37. The summed E-state index contributed by atoms with van der Waals surface area (Å²) in [4.78, 5) is 9.80. The number of nitrogens with zero attached hydrogens (tertiary/aromatic N) is 2. The molecule has 1 aliphatic heterocycles. The largest absolute Gasteiger partial charge is 0.348 e. The summed E-state index contributed by atoms with van der Waals surface area (Å²) in [6.07, 6.45) is 7.57. The Kier molecular flexibility index (Phi) is 4.83. The maximum absolute atomic E-state index is 13.7. The second-order valence-electron chi connectivity index (χ2n) is 6.05. The average Bonchev–Trinajstić information content (AvgIpc) is 3.00. The van der Waals surface area contributed by atoms with E-state index >= 15 is 0 Å². The number of aryl methyl sites for hydroxylation is 1. The van der Waals surface area contributed by atoms with Gasteiger partial charge in [0.2, 0.25) is 0 Å². The van der Waals surface area contributed by atoms with Gasteiger partial charge in [0, 0.05) is 25.0 Å². The standard InChI is InChI=1S/C17H21F2N3/c18-15-6-5-14(16(19)10-15)4-3-13-2-1-9-22(11-13)12-17-20-7-8-21-17/h5-8,10,13H,1-4,9,11-12H2,(H,20,21)/t13-/m1/s1. The Morgan fingerprint density at radius 3 is 3.00 bits per heavy atom. The molecule has 5 heteroatoms. The number of nitrogens with one attached hydrogen (secondary N) is 1. The van der Waals surface area contributed by atoms with Crippen LogP contribution in [0.1, 0.15) is 30.7 Å². The summed E-state index contributed by atoms with van der Waals surface area (Å²) in [5, 5.41) is 0. The average molecular weight is 305 g/mol. The number of piperidine rings is 1. The molecule has 0 aliphatic carbocycles. The van der Waals surface area contributed by atoms with Gasteiger partial charge in [-0.25, -0.2) is 13.8 Å². The molecule has 0 unspecified atom stereocenters. The van der Waals surface area contributed by atoms with Crippen LogP contribution in [0.3, 0.4) is 0 Å². The predicted octanol–water partition coefficient (Wildman–Crippen LogP) is 3.53. The van der Waals surface area contributed by atoms with E-state index < -0.39 is 11.6 Å². The Morgan fingerprint density at radius 1 is 1.32 bits per heavy atom. The van der Waals surface area contributed by atoms with Crippen LogP contribution in [0.15, 0.2) is 30.6 Å². The van der Waals surface area contributed by atoms with Gasteiger partial charge in [0.1, 0.15) is 17.5 Å². The van der Waals surface area contributed by atoms with Crippen LogP contribution in [0.4, 0.5) is 8.78 Å². The molecule has 1 aromatic carbocycles. The molecular weight excluding hydrogens is 284 g/mol. The number of aromatic amines is 1. The molecule has 22 heavy (non-hydrogen) atoms. The van der Waals surface area contributed by atoms with Gasteiger partial charge in [-0.3, -0.25) is 4.90 Å². The van der Waals surface area contributed by atoms with Crippen molar-refractivity contribution in [3.05, 3.63) is 53.6 Å². The quantitative estimate of drug-likeness (QED) is 0.916. The predicted molar refractivity (Wildman–Crippen MR) is 81.3 cm³/mol. The molecule has 118 valence electrons. The molecule has 1 atom stereocenters. The van der Waals surface area contributed by atoms with Crippen molar-refractivity contribution in [1.82, 2.24) is 14.9 Å². The molecule has 1 N–H and O–H groups in total. The first kappa shape index (κ1) is 15.2.